The van der Waals surface area contributed by atoms with Gasteiger partial charge in [-0.25, -0.2) is 23.4 Å². The lowest BCUT2D eigenvalue weighted by molar-refractivity contribution is 0.587. The first-order valence-electron chi connectivity index (χ1n) is 8.50. The van der Waals surface area contributed by atoms with Crippen LogP contribution in [-0.2, 0) is 10.0 Å². The summed E-state index contributed by atoms with van der Waals surface area (Å²) in [6, 6.07) is 14.2. The summed E-state index contributed by atoms with van der Waals surface area (Å²) in [7, 11) is -3.79. The van der Waals surface area contributed by atoms with Crippen LogP contribution >= 0.6 is 11.3 Å². The Morgan fingerprint density at radius 3 is 2.48 bits per heavy atom. The molecular weight excluding hydrogens is 410 g/mol. The number of hydrazine groups is 1. The molecule has 2 heterocycles. The molecule has 0 atom stereocenters. The number of rotatable bonds is 6. The highest BCUT2D eigenvalue weighted by Crippen LogP contribution is 2.30. The molecule has 0 aliphatic rings. The van der Waals surface area contributed by atoms with E-state index in [0.29, 0.717) is 10.9 Å². The fraction of sp³-hybridized carbons (Fsp3) is 0.0556. The molecule has 4 rings (SSSR count). The summed E-state index contributed by atoms with van der Waals surface area (Å²) >= 11 is 1.45. The van der Waals surface area contributed by atoms with E-state index >= 15 is 0 Å². The number of aryl methyl sites for hydroxylation is 1. The summed E-state index contributed by atoms with van der Waals surface area (Å²) in [4.78, 5) is 15.0. The third kappa shape index (κ3) is 4.11. The molecule has 0 radical (unpaired) electrons. The molecule has 0 aliphatic carbocycles. The Hall–Kier alpha value is -3.28. The van der Waals surface area contributed by atoms with Gasteiger partial charge < -0.3 is 11.1 Å². The standard InChI is InChI=1S/C18H17N7O2S2/c1-11-6-8-12(9-7-11)29(26,27)25-24-17-15(19)16(20-10-21-17)23-18-22-13-4-2-3-5-14(13)28-18/h2-10,25H,19H2,1H3,(H2,20,21,22,23,24). The average Bonchev–Trinajstić information content (AvgIpc) is 3.11. The predicted molar refractivity (Wildman–Crippen MR) is 114 cm³/mol. The van der Waals surface area contributed by atoms with Gasteiger partial charge in [0.2, 0.25) is 0 Å². The molecule has 9 nitrogen and oxygen atoms in total. The van der Waals surface area contributed by atoms with E-state index in [1.807, 2.05) is 31.2 Å². The summed E-state index contributed by atoms with van der Waals surface area (Å²) in [5, 5.41) is 3.66. The maximum absolute atomic E-state index is 12.4. The van der Waals surface area contributed by atoms with Gasteiger partial charge in [0.1, 0.15) is 12.0 Å². The lowest BCUT2D eigenvalue weighted by Crippen LogP contribution is -2.30. The second kappa shape index (κ2) is 7.62. The van der Waals surface area contributed by atoms with E-state index in [-0.39, 0.29) is 16.4 Å². The van der Waals surface area contributed by atoms with Crippen molar-refractivity contribution in [2.75, 3.05) is 16.5 Å². The van der Waals surface area contributed by atoms with Crippen molar-refractivity contribution in [2.24, 2.45) is 0 Å². The number of hydrogen-bond acceptors (Lipinski definition) is 9. The zero-order chi connectivity index (χ0) is 20.4. The predicted octanol–water partition coefficient (Wildman–Crippen LogP) is 3.03. The number of fused-ring (bicyclic) bond motifs is 1. The molecule has 0 amide bonds. The minimum atomic E-state index is -3.79. The maximum atomic E-state index is 12.4. The van der Waals surface area contributed by atoms with Gasteiger partial charge in [-0.3, -0.25) is 5.43 Å². The zero-order valence-corrected chi connectivity index (χ0v) is 16.9. The molecule has 4 aromatic rings. The van der Waals surface area contributed by atoms with Crippen molar-refractivity contribution in [1.29, 1.82) is 0 Å². The van der Waals surface area contributed by atoms with E-state index in [0.717, 1.165) is 15.8 Å². The molecule has 2 aromatic carbocycles. The van der Waals surface area contributed by atoms with Gasteiger partial charge in [-0.2, -0.15) is 0 Å². The number of nitrogens with zero attached hydrogens (tertiary/aromatic N) is 3. The van der Waals surface area contributed by atoms with Crippen LogP contribution in [0.4, 0.5) is 22.5 Å². The molecular formula is C18H17N7O2S2. The van der Waals surface area contributed by atoms with Gasteiger partial charge >= 0.3 is 0 Å². The van der Waals surface area contributed by atoms with Gasteiger partial charge in [0, 0.05) is 0 Å². The van der Waals surface area contributed by atoms with E-state index in [2.05, 4.69) is 30.5 Å². The van der Waals surface area contributed by atoms with Crippen LogP contribution in [0.25, 0.3) is 10.2 Å². The number of benzene rings is 2. The number of nitrogens with one attached hydrogen (secondary N) is 3. The molecule has 5 N–H and O–H groups in total. The lowest BCUT2D eigenvalue weighted by atomic mass is 10.2. The number of nitrogens with two attached hydrogens (primary N) is 1. The number of anilines is 4. The van der Waals surface area contributed by atoms with E-state index in [4.69, 9.17) is 5.73 Å². The van der Waals surface area contributed by atoms with Gasteiger partial charge in [-0.15, -0.1) is 4.83 Å². The highest BCUT2D eigenvalue weighted by Gasteiger charge is 2.16. The van der Waals surface area contributed by atoms with Gasteiger partial charge in [0.15, 0.2) is 16.8 Å². The first kappa shape index (κ1) is 19.1. The summed E-state index contributed by atoms with van der Waals surface area (Å²) in [5.41, 5.74) is 10.6. The molecule has 0 fully saturated rings. The Kier molecular flexibility index (Phi) is 5.01. The number of hydrogen-bond donors (Lipinski definition) is 4. The van der Waals surface area contributed by atoms with Gasteiger partial charge in [-0.05, 0) is 31.2 Å². The molecule has 148 valence electrons. The van der Waals surface area contributed by atoms with Crippen LogP contribution in [0.5, 0.6) is 0 Å². The molecule has 0 aliphatic heterocycles. The Morgan fingerprint density at radius 2 is 1.72 bits per heavy atom. The third-order valence-electron chi connectivity index (χ3n) is 4.04. The summed E-state index contributed by atoms with van der Waals surface area (Å²) in [6.07, 6.45) is 1.27. The van der Waals surface area contributed by atoms with E-state index < -0.39 is 10.0 Å². The maximum Gasteiger partial charge on any atom is 0.257 e. The van der Waals surface area contributed by atoms with E-state index in [1.165, 1.54) is 29.8 Å². The highest BCUT2D eigenvalue weighted by molar-refractivity contribution is 7.89. The van der Waals surface area contributed by atoms with Gasteiger partial charge in [0.05, 0.1) is 15.1 Å². The average molecular weight is 428 g/mol. The van der Waals surface area contributed by atoms with Gasteiger partial charge in [-0.1, -0.05) is 41.2 Å². The first-order chi connectivity index (χ1) is 13.9. The van der Waals surface area contributed by atoms with Crippen molar-refractivity contribution in [1.82, 2.24) is 19.8 Å². The molecule has 2 aromatic heterocycles. The summed E-state index contributed by atoms with van der Waals surface area (Å²) in [5.74, 6) is 0.440. The highest BCUT2D eigenvalue weighted by atomic mass is 32.2. The van der Waals surface area contributed by atoms with Crippen LogP contribution in [0.3, 0.4) is 0 Å². The quantitative estimate of drug-likeness (QED) is 0.345. The molecule has 0 spiro atoms. The SMILES string of the molecule is Cc1ccc(S(=O)(=O)NNc2ncnc(Nc3nc4ccccc4s3)c2N)cc1. The Morgan fingerprint density at radius 1 is 1.00 bits per heavy atom. The van der Waals surface area contributed by atoms with Crippen LogP contribution in [0, 0.1) is 6.92 Å². The summed E-state index contributed by atoms with van der Waals surface area (Å²) < 4.78 is 25.9. The molecule has 0 saturated heterocycles. The fourth-order valence-corrected chi connectivity index (χ4v) is 4.22. The monoisotopic (exact) mass is 427 g/mol. The smallest absolute Gasteiger partial charge is 0.257 e. The normalized spacial score (nSPS) is 11.5. The summed E-state index contributed by atoms with van der Waals surface area (Å²) in [6.45, 7) is 1.88. The Balaban J connectivity index is 1.52. The number of sulfonamides is 1. The second-order valence-electron chi connectivity index (χ2n) is 6.14. The number of aromatic nitrogens is 3. The van der Waals surface area contributed by atoms with Crippen LogP contribution in [-0.4, -0.2) is 23.4 Å². The Labute approximate surface area is 171 Å². The van der Waals surface area contributed by atoms with Crippen molar-refractivity contribution in [3.8, 4) is 0 Å². The van der Waals surface area contributed by atoms with Crippen molar-refractivity contribution in [3.05, 3.63) is 60.4 Å². The number of nitrogen functional groups attached to an aromatic ring is 1. The zero-order valence-electron chi connectivity index (χ0n) is 15.2. The van der Waals surface area contributed by atoms with Crippen molar-refractivity contribution >= 4 is 54.0 Å². The first-order valence-corrected chi connectivity index (χ1v) is 10.8. The van der Waals surface area contributed by atoms with Crippen LogP contribution in [0.1, 0.15) is 5.56 Å². The number of thiazole rings is 1. The fourth-order valence-electron chi connectivity index (χ4n) is 2.51. The topological polar surface area (TPSA) is 135 Å². The van der Waals surface area contributed by atoms with Crippen molar-refractivity contribution in [3.63, 3.8) is 0 Å². The largest absolute Gasteiger partial charge is 0.393 e. The Bertz CT molecular complexity index is 1240. The van der Waals surface area contributed by atoms with Crippen LogP contribution in [0.15, 0.2) is 59.8 Å². The van der Waals surface area contributed by atoms with E-state index in [9.17, 15) is 8.42 Å². The van der Waals surface area contributed by atoms with Crippen molar-refractivity contribution < 1.29 is 8.42 Å². The third-order valence-corrected chi connectivity index (χ3v) is 6.25. The minimum absolute atomic E-state index is 0.121. The van der Waals surface area contributed by atoms with Crippen molar-refractivity contribution in [2.45, 2.75) is 11.8 Å². The van der Waals surface area contributed by atoms with Crippen LogP contribution < -0.4 is 21.3 Å². The van der Waals surface area contributed by atoms with E-state index in [1.54, 1.807) is 12.1 Å². The number of para-hydroxylation sites is 1. The minimum Gasteiger partial charge on any atom is -0.393 e. The molecule has 0 saturated carbocycles. The lowest BCUT2D eigenvalue weighted by Gasteiger charge is -2.12. The molecule has 0 unspecified atom stereocenters. The molecule has 11 heteroatoms. The second-order valence-corrected chi connectivity index (χ2v) is 8.85. The van der Waals surface area contributed by atoms with Gasteiger partial charge in [0.25, 0.3) is 10.0 Å². The molecule has 0 bridgehead atoms. The molecule has 29 heavy (non-hydrogen) atoms. The van der Waals surface area contributed by atoms with Crippen LogP contribution in [0.2, 0.25) is 0 Å².